The molecule has 0 bridgehead atoms. The van der Waals surface area contributed by atoms with Crippen LogP contribution in [0.2, 0.25) is 0 Å². The molecule has 0 fully saturated rings. The van der Waals surface area contributed by atoms with Crippen LogP contribution in [0.25, 0.3) is 0 Å². The molecule has 0 heterocycles. The van der Waals surface area contributed by atoms with Gasteiger partial charge in [-0.1, -0.05) is 48.0 Å². The SMILES string of the molecule is CCC.CCCN.CCCNCC.CCNC.CN. The molecule has 0 radical (unpaired) electrons. The van der Waals surface area contributed by atoms with Gasteiger partial charge in [0.05, 0.1) is 0 Å². The fourth-order valence-electron chi connectivity index (χ4n) is 0.354. The molecule has 0 aromatic heterocycles. The fraction of sp³-hybridized carbons (Fsp3) is 1.00. The molecule has 0 saturated carbocycles. The summed E-state index contributed by atoms with van der Waals surface area (Å²) >= 11 is 0. The summed E-state index contributed by atoms with van der Waals surface area (Å²) in [7, 11) is 3.43. The van der Waals surface area contributed by atoms with Crippen molar-refractivity contribution < 1.29 is 0 Å². The van der Waals surface area contributed by atoms with Crippen molar-refractivity contribution in [3.05, 3.63) is 0 Å². The molecule has 0 rings (SSSR count). The molecule has 0 aliphatic carbocycles. The van der Waals surface area contributed by atoms with Crippen LogP contribution in [0.1, 0.15) is 60.8 Å². The van der Waals surface area contributed by atoms with Gasteiger partial charge in [0.2, 0.25) is 0 Å². The Bertz CT molecular complexity index is 59.2. The van der Waals surface area contributed by atoms with Crippen molar-refractivity contribution in [1.82, 2.24) is 10.6 Å². The van der Waals surface area contributed by atoms with E-state index in [0.717, 1.165) is 32.6 Å². The maximum absolute atomic E-state index is 5.03. The molecule has 0 aliphatic heterocycles. The number of hydrogen-bond donors (Lipinski definition) is 4. The Morgan fingerprint density at radius 1 is 0.789 bits per heavy atom. The first-order chi connectivity index (χ1) is 9.16. The highest BCUT2D eigenvalue weighted by Gasteiger charge is 1.71. The van der Waals surface area contributed by atoms with Gasteiger partial charge in [-0.15, -0.1) is 0 Å². The van der Waals surface area contributed by atoms with Crippen LogP contribution < -0.4 is 22.1 Å². The van der Waals surface area contributed by atoms with Gasteiger partial charge in [0, 0.05) is 0 Å². The summed E-state index contributed by atoms with van der Waals surface area (Å²) in [6, 6.07) is 0. The summed E-state index contributed by atoms with van der Waals surface area (Å²) in [5.74, 6) is 0. The first kappa shape index (κ1) is 31.3. The first-order valence-corrected chi connectivity index (χ1v) is 7.79. The third-order valence-corrected chi connectivity index (χ3v) is 1.32. The van der Waals surface area contributed by atoms with Crippen LogP contribution >= 0.6 is 0 Å². The lowest BCUT2D eigenvalue weighted by Crippen LogP contribution is -2.12. The lowest BCUT2D eigenvalue weighted by molar-refractivity contribution is 0.703. The van der Waals surface area contributed by atoms with Crippen LogP contribution in [0.15, 0.2) is 0 Å². The van der Waals surface area contributed by atoms with Crippen LogP contribution in [-0.4, -0.2) is 40.3 Å². The lowest BCUT2D eigenvalue weighted by atomic mass is 10.5. The second-order valence-corrected chi connectivity index (χ2v) is 3.56. The highest BCUT2D eigenvalue weighted by atomic mass is 14.8. The first-order valence-electron chi connectivity index (χ1n) is 7.79. The minimum atomic E-state index is 0.819. The Kier molecular flexibility index (Phi) is 107. The quantitative estimate of drug-likeness (QED) is 0.584. The summed E-state index contributed by atoms with van der Waals surface area (Å²) in [4.78, 5) is 0. The van der Waals surface area contributed by atoms with Gasteiger partial charge in [-0.25, -0.2) is 0 Å². The maximum atomic E-state index is 5.03. The average Bonchev–Trinajstić information content (AvgIpc) is 2.48. The van der Waals surface area contributed by atoms with Crippen LogP contribution in [-0.2, 0) is 0 Å². The summed E-state index contributed by atoms with van der Waals surface area (Å²) in [6.07, 6.45) is 3.59. The van der Waals surface area contributed by atoms with Crippen LogP contribution in [0.5, 0.6) is 0 Å². The molecular formula is C15H44N4. The molecule has 0 saturated heterocycles. The molecule has 0 aromatic rings. The van der Waals surface area contributed by atoms with Crippen LogP contribution in [0, 0.1) is 0 Å². The van der Waals surface area contributed by atoms with Crippen molar-refractivity contribution in [1.29, 1.82) is 0 Å². The molecule has 0 spiro atoms. The van der Waals surface area contributed by atoms with Gasteiger partial charge in [0.25, 0.3) is 0 Å². The smallest absolute Gasteiger partial charge is 0.00517 e. The molecule has 0 amide bonds. The second-order valence-electron chi connectivity index (χ2n) is 3.56. The van der Waals surface area contributed by atoms with Crippen molar-refractivity contribution in [2.45, 2.75) is 60.8 Å². The predicted molar refractivity (Wildman–Crippen MR) is 93.9 cm³/mol. The normalized spacial score (nSPS) is 7.26. The van der Waals surface area contributed by atoms with Gasteiger partial charge in [-0.05, 0) is 53.1 Å². The third kappa shape index (κ3) is 191. The van der Waals surface area contributed by atoms with Crippen molar-refractivity contribution in [2.75, 3.05) is 40.3 Å². The summed E-state index contributed by atoms with van der Waals surface area (Å²) in [5.41, 5.74) is 9.53. The Morgan fingerprint density at radius 2 is 1.11 bits per heavy atom. The van der Waals surface area contributed by atoms with E-state index in [2.05, 4.69) is 57.9 Å². The molecule has 4 heteroatoms. The van der Waals surface area contributed by atoms with Crippen LogP contribution in [0.4, 0.5) is 0 Å². The zero-order valence-corrected chi connectivity index (χ0v) is 15.1. The van der Waals surface area contributed by atoms with Gasteiger partial charge in [0.1, 0.15) is 0 Å². The molecule has 0 atom stereocenters. The zero-order valence-electron chi connectivity index (χ0n) is 15.1. The molecular weight excluding hydrogens is 236 g/mol. The minimum Gasteiger partial charge on any atom is -0.333 e. The van der Waals surface area contributed by atoms with E-state index in [1.807, 2.05) is 7.05 Å². The summed E-state index contributed by atoms with van der Waals surface area (Å²) in [5, 5.41) is 6.13. The van der Waals surface area contributed by atoms with Gasteiger partial charge >= 0.3 is 0 Å². The Balaban J connectivity index is -0.0000000452. The van der Waals surface area contributed by atoms with E-state index in [1.54, 1.807) is 0 Å². The summed E-state index contributed by atoms with van der Waals surface area (Å²) in [6.45, 7) is 16.8. The molecule has 124 valence electrons. The number of nitrogens with one attached hydrogen (secondary N) is 2. The van der Waals surface area contributed by atoms with Crippen molar-refractivity contribution in [3.63, 3.8) is 0 Å². The maximum Gasteiger partial charge on any atom is -0.00517 e. The molecule has 0 aliphatic rings. The van der Waals surface area contributed by atoms with E-state index in [-0.39, 0.29) is 0 Å². The van der Waals surface area contributed by atoms with E-state index >= 15 is 0 Å². The molecule has 4 nitrogen and oxygen atoms in total. The van der Waals surface area contributed by atoms with Gasteiger partial charge < -0.3 is 22.1 Å². The van der Waals surface area contributed by atoms with E-state index < -0.39 is 0 Å². The molecule has 0 unspecified atom stereocenters. The Hall–Kier alpha value is -0.160. The minimum absolute atomic E-state index is 0.819. The Morgan fingerprint density at radius 3 is 1.16 bits per heavy atom. The molecule has 6 N–H and O–H groups in total. The molecule has 19 heavy (non-hydrogen) atoms. The number of rotatable bonds is 5. The molecule has 0 aromatic carbocycles. The number of hydrogen-bond acceptors (Lipinski definition) is 4. The fourth-order valence-corrected chi connectivity index (χ4v) is 0.354. The van der Waals surface area contributed by atoms with Crippen molar-refractivity contribution in [2.24, 2.45) is 11.5 Å². The topological polar surface area (TPSA) is 76.1 Å². The standard InChI is InChI=1S/C5H13N.2C3H9N.C3H8.CH5N/c1-3-5-6-4-2;1-3-4-2;1-2-3-4;1-3-2;1-2/h6H,3-5H2,1-2H3;4H,3H2,1-2H3;2-4H2,1H3;3H2,1-2H3;2H2,1H3. The van der Waals surface area contributed by atoms with Crippen molar-refractivity contribution >= 4 is 0 Å². The number of nitrogens with two attached hydrogens (primary N) is 2. The second kappa shape index (κ2) is 64.7. The lowest BCUT2D eigenvalue weighted by Gasteiger charge is -1.91. The zero-order chi connectivity index (χ0) is 16.4. The highest BCUT2D eigenvalue weighted by molar-refractivity contribution is 4.35. The largest absolute Gasteiger partial charge is 0.333 e. The predicted octanol–water partition coefficient (Wildman–Crippen LogP) is 2.58. The van der Waals surface area contributed by atoms with E-state index in [9.17, 15) is 0 Å². The summed E-state index contributed by atoms with van der Waals surface area (Å²) < 4.78 is 0. The van der Waals surface area contributed by atoms with E-state index in [0.29, 0.717) is 0 Å². The average molecular weight is 281 g/mol. The van der Waals surface area contributed by atoms with Crippen LogP contribution in [0.3, 0.4) is 0 Å². The van der Waals surface area contributed by atoms with E-state index in [1.165, 1.54) is 19.9 Å². The van der Waals surface area contributed by atoms with Gasteiger partial charge in [0.15, 0.2) is 0 Å². The van der Waals surface area contributed by atoms with Gasteiger partial charge in [-0.3, -0.25) is 0 Å². The Labute approximate surface area is 124 Å². The monoisotopic (exact) mass is 280 g/mol. The van der Waals surface area contributed by atoms with Gasteiger partial charge in [-0.2, -0.15) is 0 Å². The highest BCUT2D eigenvalue weighted by Crippen LogP contribution is 1.65. The van der Waals surface area contributed by atoms with E-state index in [4.69, 9.17) is 5.73 Å². The van der Waals surface area contributed by atoms with Crippen molar-refractivity contribution in [3.8, 4) is 0 Å². The third-order valence-electron chi connectivity index (χ3n) is 1.32.